The van der Waals surface area contributed by atoms with Gasteiger partial charge in [0.2, 0.25) is 17.2 Å². The maximum Gasteiger partial charge on any atom is 0.206 e. The Morgan fingerprint density at radius 3 is 1.39 bits per heavy atom. The number of phenols is 7. The smallest absolute Gasteiger partial charge is 0.206 e. The van der Waals surface area contributed by atoms with E-state index in [1.807, 2.05) is 78.9 Å². The molecule has 0 aliphatic carbocycles. The molecular formula is C38H25NO7. The first-order valence-corrected chi connectivity index (χ1v) is 14.5. The molecule has 1 heterocycles. The minimum atomic E-state index is -1.00. The van der Waals surface area contributed by atoms with Crippen LogP contribution >= 0.6 is 0 Å². The van der Waals surface area contributed by atoms with Gasteiger partial charge in [0.25, 0.3) is 0 Å². The number of rotatable bonds is 3. The average Bonchev–Trinajstić information content (AvgIpc) is 3.50. The second-order valence-corrected chi connectivity index (χ2v) is 11.2. The molecule has 0 fully saturated rings. The summed E-state index contributed by atoms with van der Waals surface area (Å²) in [7, 11) is 0. The van der Waals surface area contributed by atoms with E-state index >= 15 is 0 Å². The summed E-state index contributed by atoms with van der Waals surface area (Å²) in [5, 5.41) is 78.4. The number of H-pyrrole nitrogens is 1. The van der Waals surface area contributed by atoms with Crippen molar-refractivity contribution in [3.63, 3.8) is 0 Å². The Hall–Kier alpha value is -6.54. The number of aromatic hydroxyl groups is 7. The molecule has 0 saturated carbocycles. The van der Waals surface area contributed by atoms with Crippen LogP contribution in [0.3, 0.4) is 0 Å². The van der Waals surface area contributed by atoms with Crippen molar-refractivity contribution < 1.29 is 35.7 Å². The predicted molar refractivity (Wildman–Crippen MR) is 179 cm³/mol. The van der Waals surface area contributed by atoms with Crippen molar-refractivity contribution in [2.24, 2.45) is 0 Å². The Morgan fingerprint density at radius 2 is 0.783 bits per heavy atom. The molecule has 0 atom stereocenters. The minimum absolute atomic E-state index is 0.0486. The number of hydrogen-bond acceptors (Lipinski definition) is 7. The summed E-state index contributed by atoms with van der Waals surface area (Å²) >= 11 is 0. The standard InChI is InChI=1S/C38H25NO7/c40-32-27(30-28(33(41)36(32)44)29-31(39-30)35(43)38(46)37(45)34(29)42)26-23-15-6-4-13-21(23)25(22-14-5-7-16-24(22)26)20-12-8-11-19(17-20)18-9-2-1-3-10-18/h1-17,39-46H. The molecule has 0 radical (unpaired) electrons. The lowest BCUT2D eigenvalue weighted by Gasteiger charge is -2.20. The van der Waals surface area contributed by atoms with Gasteiger partial charge in [-0.3, -0.25) is 0 Å². The highest BCUT2D eigenvalue weighted by Gasteiger charge is 2.30. The van der Waals surface area contributed by atoms with Crippen molar-refractivity contribution in [2.75, 3.05) is 0 Å². The first-order chi connectivity index (χ1) is 22.3. The van der Waals surface area contributed by atoms with Gasteiger partial charge in [0.15, 0.2) is 23.0 Å². The summed E-state index contributed by atoms with van der Waals surface area (Å²) in [5.41, 5.74) is 4.45. The maximum atomic E-state index is 11.5. The van der Waals surface area contributed by atoms with Crippen LogP contribution in [0.15, 0.2) is 103 Å². The van der Waals surface area contributed by atoms with E-state index in [1.54, 1.807) is 0 Å². The lowest BCUT2D eigenvalue weighted by Crippen LogP contribution is -1.93. The van der Waals surface area contributed by atoms with Crippen LogP contribution in [0, 0.1) is 0 Å². The second kappa shape index (κ2) is 9.73. The van der Waals surface area contributed by atoms with E-state index in [0.29, 0.717) is 16.3 Å². The Morgan fingerprint density at radius 1 is 0.326 bits per heavy atom. The fourth-order valence-electron chi connectivity index (χ4n) is 6.70. The average molecular weight is 608 g/mol. The first-order valence-electron chi connectivity index (χ1n) is 14.5. The predicted octanol–water partition coefficient (Wildman–Crippen LogP) is 8.57. The third-order valence-electron chi connectivity index (χ3n) is 8.76. The molecule has 0 aliphatic heterocycles. The van der Waals surface area contributed by atoms with Gasteiger partial charge in [0, 0.05) is 5.56 Å². The maximum absolute atomic E-state index is 11.5. The molecule has 1 aromatic heterocycles. The molecular weight excluding hydrogens is 582 g/mol. The molecule has 46 heavy (non-hydrogen) atoms. The van der Waals surface area contributed by atoms with Crippen molar-refractivity contribution in [1.82, 2.24) is 4.98 Å². The third-order valence-corrected chi connectivity index (χ3v) is 8.76. The Bertz CT molecular complexity index is 2500. The Balaban J connectivity index is 1.54. The SMILES string of the molecule is Oc1c(O)c(O)c2c([nH]c3c(-c4c5ccccc5c(-c5cccc(-c6ccccc6)c5)c5ccccc45)c(O)c(O)c(O)c32)c1O. The minimum Gasteiger partial charge on any atom is -0.504 e. The van der Waals surface area contributed by atoms with Crippen LogP contribution in [0.1, 0.15) is 0 Å². The molecule has 8 N–H and O–H groups in total. The van der Waals surface area contributed by atoms with Crippen molar-refractivity contribution >= 4 is 43.4 Å². The third kappa shape index (κ3) is 3.61. The van der Waals surface area contributed by atoms with E-state index in [-0.39, 0.29) is 27.4 Å². The quantitative estimate of drug-likeness (QED) is 0.0568. The van der Waals surface area contributed by atoms with Crippen molar-refractivity contribution in [2.45, 2.75) is 0 Å². The van der Waals surface area contributed by atoms with Gasteiger partial charge in [-0.1, -0.05) is 97.1 Å². The zero-order valence-electron chi connectivity index (χ0n) is 23.9. The molecule has 224 valence electrons. The van der Waals surface area contributed by atoms with Crippen LogP contribution in [-0.2, 0) is 0 Å². The summed E-state index contributed by atoms with van der Waals surface area (Å²) in [6, 6.07) is 33.6. The normalized spacial score (nSPS) is 11.7. The number of hydrogen-bond donors (Lipinski definition) is 8. The van der Waals surface area contributed by atoms with Crippen LogP contribution in [0.2, 0.25) is 0 Å². The van der Waals surface area contributed by atoms with E-state index in [2.05, 4.69) is 29.2 Å². The van der Waals surface area contributed by atoms with Gasteiger partial charge in [-0.05, 0) is 49.9 Å². The van der Waals surface area contributed by atoms with E-state index in [9.17, 15) is 35.7 Å². The van der Waals surface area contributed by atoms with E-state index in [0.717, 1.165) is 33.0 Å². The fourth-order valence-corrected chi connectivity index (χ4v) is 6.70. The summed E-state index contributed by atoms with van der Waals surface area (Å²) in [4.78, 5) is 2.92. The molecule has 8 nitrogen and oxygen atoms in total. The molecule has 0 spiro atoms. The molecule has 0 amide bonds. The number of benzene rings is 7. The molecule has 8 aromatic rings. The largest absolute Gasteiger partial charge is 0.504 e. The van der Waals surface area contributed by atoms with E-state index < -0.39 is 40.2 Å². The van der Waals surface area contributed by atoms with Crippen LogP contribution in [0.25, 0.3) is 76.7 Å². The number of aromatic amines is 1. The molecule has 0 bridgehead atoms. The van der Waals surface area contributed by atoms with Crippen LogP contribution in [-0.4, -0.2) is 40.7 Å². The van der Waals surface area contributed by atoms with E-state index in [1.165, 1.54) is 0 Å². The number of nitrogens with one attached hydrogen (secondary N) is 1. The summed E-state index contributed by atoms with van der Waals surface area (Å²) < 4.78 is 0. The summed E-state index contributed by atoms with van der Waals surface area (Å²) in [5.74, 6) is -5.87. The molecule has 7 aromatic carbocycles. The zero-order valence-corrected chi connectivity index (χ0v) is 23.9. The molecule has 8 rings (SSSR count). The molecule has 0 saturated heterocycles. The molecule has 0 aliphatic rings. The van der Waals surface area contributed by atoms with Gasteiger partial charge in [-0.25, -0.2) is 0 Å². The number of aromatic nitrogens is 1. The number of fused-ring (bicyclic) bond motifs is 5. The lowest BCUT2D eigenvalue weighted by molar-refractivity contribution is 0.350. The van der Waals surface area contributed by atoms with Gasteiger partial charge in [0.05, 0.1) is 27.4 Å². The molecule has 0 unspecified atom stereocenters. The summed E-state index contributed by atoms with van der Waals surface area (Å²) in [6.45, 7) is 0. The first kappa shape index (κ1) is 27.0. The topological polar surface area (TPSA) is 157 Å². The highest BCUT2D eigenvalue weighted by molar-refractivity contribution is 6.28. The van der Waals surface area contributed by atoms with Crippen LogP contribution in [0.4, 0.5) is 0 Å². The Labute approximate surface area is 260 Å². The molecule has 8 heteroatoms. The van der Waals surface area contributed by atoms with Crippen molar-refractivity contribution in [3.05, 3.63) is 103 Å². The van der Waals surface area contributed by atoms with E-state index in [4.69, 9.17) is 0 Å². The van der Waals surface area contributed by atoms with Gasteiger partial charge in [0.1, 0.15) is 0 Å². The van der Waals surface area contributed by atoms with Crippen molar-refractivity contribution in [3.8, 4) is 73.6 Å². The summed E-state index contributed by atoms with van der Waals surface area (Å²) in [6.07, 6.45) is 0. The fraction of sp³-hybridized carbons (Fsp3) is 0. The highest BCUT2D eigenvalue weighted by Crippen LogP contribution is 2.58. The Kier molecular flexibility index (Phi) is 5.72. The monoisotopic (exact) mass is 607 g/mol. The van der Waals surface area contributed by atoms with Gasteiger partial charge in [-0.15, -0.1) is 0 Å². The second-order valence-electron chi connectivity index (χ2n) is 11.2. The van der Waals surface area contributed by atoms with Gasteiger partial charge < -0.3 is 40.7 Å². The van der Waals surface area contributed by atoms with Crippen LogP contribution in [0.5, 0.6) is 40.2 Å². The number of phenolic OH excluding ortho intramolecular Hbond substituents is 7. The van der Waals surface area contributed by atoms with Crippen molar-refractivity contribution in [1.29, 1.82) is 0 Å². The van der Waals surface area contributed by atoms with Gasteiger partial charge >= 0.3 is 0 Å². The lowest BCUT2D eigenvalue weighted by atomic mass is 9.84. The highest BCUT2D eigenvalue weighted by atomic mass is 16.3. The zero-order chi connectivity index (χ0) is 31.9. The van der Waals surface area contributed by atoms with Crippen LogP contribution < -0.4 is 0 Å². The van der Waals surface area contributed by atoms with Gasteiger partial charge in [-0.2, -0.15) is 0 Å².